The topological polar surface area (TPSA) is 56.8 Å². The van der Waals surface area contributed by atoms with Crippen molar-refractivity contribution in [2.24, 2.45) is 0 Å². The van der Waals surface area contributed by atoms with Crippen molar-refractivity contribution in [3.63, 3.8) is 0 Å². The van der Waals surface area contributed by atoms with E-state index >= 15 is 0 Å². The Labute approximate surface area is 109 Å². The highest BCUT2D eigenvalue weighted by Crippen LogP contribution is 2.33. The van der Waals surface area contributed by atoms with Crippen LogP contribution in [0.4, 0.5) is 13.2 Å². The van der Waals surface area contributed by atoms with Crippen LogP contribution in [0.3, 0.4) is 0 Å². The molecule has 0 aliphatic rings. The first-order valence-electron chi connectivity index (χ1n) is 4.43. The third-order valence-electron chi connectivity index (χ3n) is 1.76. The van der Waals surface area contributed by atoms with Gasteiger partial charge in [0.25, 0.3) is 0 Å². The Morgan fingerprint density at radius 3 is 2.39 bits per heavy atom. The molecule has 0 fully saturated rings. The van der Waals surface area contributed by atoms with Gasteiger partial charge in [-0.05, 0) is 33.6 Å². The number of allylic oxidation sites excluding steroid dienone is 1. The number of nitriles is 2. The number of rotatable bonds is 2. The molecule has 0 unspecified atom stereocenters. The number of hydrogen-bond acceptors (Lipinski definition) is 3. The number of ether oxygens (including phenoxy) is 1. The summed E-state index contributed by atoms with van der Waals surface area (Å²) < 4.78 is 40.1. The maximum Gasteiger partial charge on any atom is 0.573 e. The zero-order valence-electron chi connectivity index (χ0n) is 8.62. The molecule has 0 amide bonds. The lowest BCUT2D eigenvalue weighted by molar-refractivity contribution is -0.274. The van der Waals surface area contributed by atoms with Crippen molar-refractivity contribution < 1.29 is 17.9 Å². The zero-order chi connectivity index (χ0) is 13.8. The van der Waals surface area contributed by atoms with Crippen LogP contribution in [0.15, 0.2) is 28.2 Å². The molecule has 1 aromatic rings. The second-order valence-electron chi connectivity index (χ2n) is 2.99. The fourth-order valence-electron chi connectivity index (χ4n) is 1.09. The zero-order valence-corrected chi connectivity index (χ0v) is 10.2. The number of halogens is 4. The molecule has 0 aliphatic carbocycles. The molecule has 0 saturated carbocycles. The molecule has 0 saturated heterocycles. The van der Waals surface area contributed by atoms with Crippen molar-refractivity contribution in [1.82, 2.24) is 0 Å². The van der Waals surface area contributed by atoms with Crippen LogP contribution in [0.2, 0.25) is 0 Å². The van der Waals surface area contributed by atoms with E-state index in [1.165, 1.54) is 12.1 Å². The van der Waals surface area contributed by atoms with Gasteiger partial charge in [0.1, 0.15) is 23.5 Å². The minimum atomic E-state index is -4.81. The lowest BCUT2D eigenvalue weighted by Crippen LogP contribution is -2.17. The van der Waals surface area contributed by atoms with Crippen LogP contribution in [-0.4, -0.2) is 6.36 Å². The van der Waals surface area contributed by atoms with Gasteiger partial charge in [0, 0.05) is 0 Å². The van der Waals surface area contributed by atoms with Crippen molar-refractivity contribution >= 4 is 22.0 Å². The Morgan fingerprint density at radius 2 is 1.89 bits per heavy atom. The molecule has 0 atom stereocenters. The Bertz CT molecular complexity index is 551. The Balaban J connectivity index is 3.20. The van der Waals surface area contributed by atoms with Gasteiger partial charge in [-0.2, -0.15) is 10.5 Å². The highest BCUT2D eigenvalue weighted by molar-refractivity contribution is 9.10. The van der Waals surface area contributed by atoms with Gasteiger partial charge in [-0.3, -0.25) is 0 Å². The number of hydrogen-bond donors (Lipinski definition) is 0. The molecular weight excluding hydrogens is 313 g/mol. The predicted molar refractivity (Wildman–Crippen MR) is 60.0 cm³/mol. The van der Waals surface area contributed by atoms with E-state index in [4.69, 9.17) is 10.5 Å². The molecule has 0 spiro atoms. The van der Waals surface area contributed by atoms with Gasteiger partial charge in [-0.15, -0.1) is 13.2 Å². The van der Waals surface area contributed by atoms with E-state index in [1.807, 2.05) is 0 Å². The van der Waals surface area contributed by atoms with Crippen LogP contribution >= 0.6 is 15.9 Å². The molecular formula is C11H4BrF3N2O. The van der Waals surface area contributed by atoms with E-state index < -0.39 is 12.1 Å². The molecule has 0 aromatic heterocycles. The normalized spacial score (nSPS) is 10.1. The van der Waals surface area contributed by atoms with Gasteiger partial charge in [-0.1, -0.05) is 12.1 Å². The van der Waals surface area contributed by atoms with Gasteiger partial charge in [0.05, 0.1) is 4.47 Å². The summed E-state index contributed by atoms with van der Waals surface area (Å²) in [5.74, 6) is -0.438. The second kappa shape index (κ2) is 5.56. The summed E-state index contributed by atoms with van der Waals surface area (Å²) in [6, 6.07) is 7.11. The quantitative estimate of drug-likeness (QED) is 0.780. The fourth-order valence-corrected chi connectivity index (χ4v) is 1.55. The van der Waals surface area contributed by atoms with E-state index in [0.29, 0.717) is 0 Å². The average molecular weight is 317 g/mol. The molecule has 0 N–H and O–H groups in total. The van der Waals surface area contributed by atoms with E-state index in [9.17, 15) is 13.2 Å². The molecule has 1 rings (SSSR count). The number of nitrogens with zero attached hydrogens (tertiary/aromatic N) is 2. The molecule has 18 heavy (non-hydrogen) atoms. The number of benzene rings is 1. The molecule has 0 bridgehead atoms. The van der Waals surface area contributed by atoms with Gasteiger partial charge in [0.15, 0.2) is 0 Å². The molecule has 7 heteroatoms. The van der Waals surface area contributed by atoms with Crippen molar-refractivity contribution in [3.05, 3.63) is 33.8 Å². The highest BCUT2D eigenvalue weighted by Gasteiger charge is 2.32. The summed E-state index contributed by atoms with van der Waals surface area (Å²) in [7, 11) is 0. The van der Waals surface area contributed by atoms with Crippen LogP contribution in [0, 0.1) is 22.7 Å². The minimum Gasteiger partial charge on any atom is -0.405 e. The summed E-state index contributed by atoms with van der Waals surface area (Å²) in [6.45, 7) is 0. The van der Waals surface area contributed by atoms with E-state index in [0.717, 1.165) is 12.1 Å². The molecule has 1 aromatic carbocycles. The lowest BCUT2D eigenvalue weighted by Gasteiger charge is -2.11. The average Bonchev–Trinajstić information content (AvgIpc) is 2.28. The Hall–Kier alpha value is -1.99. The minimum absolute atomic E-state index is 0.0188. The van der Waals surface area contributed by atoms with Crippen molar-refractivity contribution in [3.8, 4) is 17.9 Å². The van der Waals surface area contributed by atoms with E-state index in [1.54, 1.807) is 12.1 Å². The standard InChI is InChI=1S/C11H4BrF3N2O/c12-10-8(4-7(5-16)6-17)2-1-3-9(10)18-11(13,14)15/h1-4H. The molecule has 0 radical (unpaired) electrons. The summed E-state index contributed by atoms with van der Waals surface area (Å²) in [5.41, 5.74) is 0.0229. The highest BCUT2D eigenvalue weighted by atomic mass is 79.9. The monoisotopic (exact) mass is 316 g/mol. The maximum absolute atomic E-state index is 12.1. The van der Waals surface area contributed by atoms with Gasteiger partial charge in [-0.25, -0.2) is 0 Å². The van der Waals surface area contributed by atoms with Gasteiger partial charge >= 0.3 is 6.36 Å². The van der Waals surface area contributed by atoms with Gasteiger partial charge in [0.2, 0.25) is 0 Å². The Morgan fingerprint density at radius 1 is 1.28 bits per heavy atom. The molecule has 0 aliphatic heterocycles. The summed E-state index contributed by atoms with van der Waals surface area (Å²) >= 11 is 2.93. The van der Waals surface area contributed by atoms with Gasteiger partial charge < -0.3 is 4.74 Å². The van der Waals surface area contributed by atoms with E-state index in [-0.39, 0.29) is 15.6 Å². The smallest absolute Gasteiger partial charge is 0.405 e. The summed E-state index contributed by atoms with van der Waals surface area (Å²) in [6.07, 6.45) is -3.65. The third-order valence-corrected chi connectivity index (χ3v) is 2.61. The van der Waals surface area contributed by atoms with Crippen LogP contribution < -0.4 is 4.74 Å². The van der Waals surface area contributed by atoms with Crippen LogP contribution in [0.5, 0.6) is 5.75 Å². The van der Waals surface area contributed by atoms with Crippen LogP contribution in [-0.2, 0) is 0 Å². The second-order valence-corrected chi connectivity index (χ2v) is 3.78. The Kier molecular flexibility index (Phi) is 4.35. The first kappa shape index (κ1) is 14.1. The van der Waals surface area contributed by atoms with Crippen molar-refractivity contribution in [2.45, 2.75) is 6.36 Å². The van der Waals surface area contributed by atoms with Crippen molar-refractivity contribution in [2.75, 3.05) is 0 Å². The third kappa shape index (κ3) is 3.79. The number of alkyl halides is 3. The summed E-state index contributed by atoms with van der Waals surface area (Å²) in [4.78, 5) is 0. The molecule has 92 valence electrons. The largest absolute Gasteiger partial charge is 0.573 e. The summed E-state index contributed by atoms with van der Waals surface area (Å²) in [5, 5.41) is 17.1. The first-order valence-corrected chi connectivity index (χ1v) is 5.23. The van der Waals surface area contributed by atoms with Crippen LogP contribution in [0.25, 0.3) is 6.08 Å². The van der Waals surface area contributed by atoms with E-state index in [2.05, 4.69) is 20.7 Å². The fraction of sp³-hybridized carbons (Fsp3) is 0.0909. The molecule has 0 heterocycles. The maximum atomic E-state index is 12.1. The molecule has 3 nitrogen and oxygen atoms in total. The van der Waals surface area contributed by atoms with Crippen LogP contribution in [0.1, 0.15) is 5.56 Å². The lowest BCUT2D eigenvalue weighted by atomic mass is 10.1. The first-order chi connectivity index (χ1) is 8.37. The predicted octanol–water partition coefficient (Wildman–Crippen LogP) is 3.78. The SMILES string of the molecule is N#CC(C#N)=Cc1cccc(OC(F)(F)F)c1Br. The van der Waals surface area contributed by atoms with Crippen molar-refractivity contribution in [1.29, 1.82) is 10.5 Å².